The molecule has 1 aromatic rings. The molecule has 0 saturated carbocycles. The number of rotatable bonds is 4. The number of hydrogen-bond donors (Lipinski definition) is 0. The van der Waals surface area contributed by atoms with Crippen molar-refractivity contribution < 1.29 is 4.79 Å². The van der Waals surface area contributed by atoms with E-state index in [4.69, 9.17) is 11.6 Å². The molecule has 0 aromatic heterocycles. The van der Waals surface area contributed by atoms with Gasteiger partial charge in [0.05, 0.1) is 5.88 Å². The number of benzene rings is 1. The highest BCUT2D eigenvalue weighted by molar-refractivity contribution is 14.1. The van der Waals surface area contributed by atoms with E-state index in [0.29, 0.717) is 6.42 Å². The molecule has 0 atom stereocenters. The molecule has 0 fully saturated rings. The molecule has 1 nitrogen and oxygen atoms in total. The fourth-order valence-corrected chi connectivity index (χ4v) is 2.71. The maximum absolute atomic E-state index is 11.1. The normalized spacial score (nSPS) is 10.2. The Morgan fingerprint density at radius 1 is 1.57 bits per heavy atom. The molecule has 1 aromatic carbocycles. The molecule has 76 valence electrons. The van der Waals surface area contributed by atoms with Crippen LogP contribution < -0.4 is 0 Å². The fourth-order valence-electron chi connectivity index (χ4n) is 1.09. The number of carbonyl (C=O) groups excluding carboxylic acids is 1. The van der Waals surface area contributed by atoms with Gasteiger partial charge in [-0.05, 0) is 46.5 Å². The lowest BCUT2D eigenvalue weighted by Crippen LogP contribution is -2.03. The van der Waals surface area contributed by atoms with E-state index in [-0.39, 0.29) is 11.7 Å². The van der Waals surface area contributed by atoms with Gasteiger partial charge in [-0.15, -0.1) is 23.4 Å². The number of alkyl halides is 1. The maximum Gasteiger partial charge on any atom is 0.151 e. The molecule has 0 unspecified atom stereocenters. The first-order valence-electron chi connectivity index (χ1n) is 4.07. The van der Waals surface area contributed by atoms with E-state index < -0.39 is 0 Å². The lowest BCUT2D eigenvalue weighted by Gasteiger charge is -2.04. The van der Waals surface area contributed by atoms with E-state index in [1.54, 1.807) is 11.8 Å². The Kier molecular flexibility index (Phi) is 5.26. The van der Waals surface area contributed by atoms with Crippen LogP contribution >= 0.6 is 46.0 Å². The first-order chi connectivity index (χ1) is 6.67. The van der Waals surface area contributed by atoms with Crippen LogP contribution in [0.5, 0.6) is 0 Å². The summed E-state index contributed by atoms with van der Waals surface area (Å²) in [6.45, 7) is 0. The lowest BCUT2D eigenvalue weighted by molar-refractivity contribution is -0.116. The minimum Gasteiger partial charge on any atom is -0.298 e. The second kappa shape index (κ2) is 5.98. The maximum atomic E-state index is 11.1. The zero-order valence-electron chi connectivity index (χ0n) is 7.72. The van der Waals surface area contributed by atoms with Crippen LogP contribution in [0.2, 0.25) is 0 Å². The first-order valence-corrected chi connectivity index (χ1v) is 6.91. The van der Waals surface area contributed by atoms with E-state index >= 15 is 0 Å². The molecule has 0 saturated heterocycles. The Labute approximate surface area is 107 Å². The second-order valence-corrected chi connectivity index (χ2v) is 5.10. The standard InChI is InChI=1S/C10H10ClIOS/c1-14-10-5-7(2-3-9(10)12)4-8(13)6-11/h2-3,5H,4,6H2,1H3. The van der Waals surface area contributed by atoms with Crippen LogP contribution in [0.25, 0.3) is 0 Å². The van der Waals surface area contributed by atoms with Gasteiger partial charge < -0.3 is 0 Å². The molecule has 14 heavy (non-hydrogen) atoms. The number of hydrogen-bond acceptors (Lipinski definition) is 2. The zero-order chi connectivity index (χ0) is 10.6. The summed E-state index contributed by atoms with van der Waals surface area (Å²) in [5.74, 6) is 0.167. The third kappa shape index (κ3) is 3.44. The van der Waals surface area contributed by atoms with Crippen molar-refractivity contribution in [3.8, 4) is 0 Å². The van der Waals surface area contributed by atoms with E-state index in [2.05, 4.69) is 28.7 Å². The van der Waals surface area contributed by atoms with Crippen molar-refractivity contribution in [3.63, 3.8) is 0 Å². The summed E-state index contributed by atoms with van der Waals surface area (Å²) in [4.78, 5) is 12.3. The fraction of sp³-hybridized carbons (Fsp3) is 0.300. The van der Waals surface area contributed by atoms with Crippen molar-refractivity contribution in [3.05, 3.63) is 27.3 Å². The van der Waals surface area contributed by atoms with Crippen molar-refractivity contribution in [2.24, 2.45) is 0 Å². The molecule has 0 radical (unpaired) electrons. The van der Waals surface area contributed by atoms with Gasteiger partial charge in [-0.3, -0.25) is 4.79 Å². The van der Waals surface area contributed by atoms with Crippen molar-refractivity contribution >= 4 is 51.7 Å². The van der Waals surface area contributed by atoms with Gasteiger partial charge in [-0.2, -0.15) is 0 Å². The molecule has 4 heteroatoms. The summed E-state index contributed by atoms with van der Waals surface area (Å²) >= 11 is 9.43. The van der Waals surface area contributed by atoms with E-state index in [9.17, 15) is 4.79 Å². The van der Waals surface area contributed by atoms with Gasteiger partial charge in [0.1, 0.15) is 0 Å². The number of halogens is 2. The average Bonchev–Trinajstić information content (AvgIpc) is 2.20. The molecular weight excluding hydrogens is 331 g/mol. The zero-order valence-corrected chi connectivity index (χ0v) is 11.4. The minimum atomic E-state index is 0.0694. The lowest BCUT2D eigenvalue weighted by atomic mass is 10.1. The molecule has 1 rings (SSSR count). The third-order valence-corrected chi connectivity index (χ3v) is 4.15. The summed E-state index contributed by atoms with van der Waals surface area (Å²) in [5.41, 5.74) is 1.04. The summed E-state index contributed by atoms with van der Waals surface area (Å²) in [6.07, 6.45) is 2.47. The molecule has 0 bridgehead atoms. The van der Waals surface area contributed by atoms with Crippen molar-refractivity contribution in [1.29, 1.82) is 0 Å². The summed E-state index contributed by atoms with van der Waals surface area (Å²) in [7, 11) is 0. The Balaban J connectivity index is 2.84. The molecular formula is C10H10ClIOS. The van der Waals surface area contributed by atoms with Crippen LogP contribution in [0.3, 0.4) is 0 Å². The van der Waals surface area contributed by atoms with Gasteiger partial charge in [0.15, 0.2) is 5.78 Å². The van der Waals surface area contributed by atoms with Crippen LogP contribution in [0, 0.1) is 3.57 Å². The quantitative estimate of drug-likeness (QED) is 0.475. The SMILES string of the molecule is CSc1cc(CC(=O)CCl)ccc1I. The van der Waals surface area contributed by atoms with Gasteiger partial charge in [0, 0.05) is 14.9 Å². The van der Waals surface area contributed by atoms with Crippen molar-refractivity contribution in [2.75, 3.05) is 12.1 Å². The van der Waals surface area contributed by atoms with Crippen LogP contribution in [-0.4, -0.2) is 17.9 Å². The molecule has 0 aliphatic heterocycles. The Bertz CT molecular complexity index is 341. The van der Waals surface area contributed by atoms with Crippen LogP contribution in [0.15, 0.2) is 23.1 Å². The molecule has 0 aliphatic carbocycles. The largest absolute Gasteiger partial charge is 0.298 e. The Morgan fingerprint density at radius 3 is 2.86 bits per heavy atom. The third-order valence-electron chi connectivity index (χ3n) is 1.77. The predicted octanol–water partition coefficient (Wildman–Crippen LogP) is 3.36. The Hall–Kier alpha value is 0.260. The number of ketones is 1. The van der Waals surface area contributed by atoms with Crippen molar-refractivity contribution in [2.45, 2.75) is 11.3 Å². The predicted molar refractivity (Wildman–Crippen MR) is 70.4 cm³/mol. The van der Waals surface area contributed by atoms with E-state index in [1.165, 1.54) is 8.47 Å². The highest BCUT2D eigenvalue weighted by Gasteiger charge is 2.04. The highest BCUT2D eigenvalue weighted by Crippen LogP contribution is 2.23. The number of Topliss-reactive ketones (excluding diaryl/α,β-unsaturated/α-hetero) is 1. The number of carbonyl (C=O) groups is 1. The summed E-state index contributed by atoms with van der Waals surface area (Å²) in [5, 5.41) is 0. The minimum absolute atomic E-state index is 0.0694. The van der Waals surface area contributed by atoms with Gasteiger partial charge >= 0.3 is 0 Å². The van der Waals surface area contributed by atoms with Crippen LogP contribution in [0.1, 0.15) is 5.56 Å². The van der Waals surface area contributed by atoms with E-state index in [1.807, 2.05) is 18.4 Å². The molecule has 0 spiro atoms. The summed E-state index contributed by atoms with van der Waals surface area (Å²) < 4.78 is 1.22. The topological polar surface area (TPSA) is 17.1 Å². The van der Waals surface area contributed by atoms with Crippen LogP contribution in [0.4, 0.5) is 0 Å². The van der Waals surface area contributed by atoms with Crippen molar-refractivity contribution in [1.82, 2.24) is 0 Å². The van der Waals surface area contributed by atoms with Gasteiger partial charge in [-0.1, -0.05) is 6.07 Å². The average molecular weight is 341 g/mol. The summed E-state index contributed by atoms with van der Waals surface area (Å²) in [6, 6.07) is 6.06. The molecule has 0 heterocycles. The molecule has 0 N–H and O–H groups in total. The number of thioether (sulfide) groups is 1. The highest BCUT2D eigenvalue weighted by atomic mass is 127. The molecule has 0 amide bonds. The van der Waals surface area contributed by atoms with Crippen LogP contribution in [-0.2, 0) is 11.2 Å². The second-order valence-electron chi connectivity index (χ2n) is 2.82. The van der Waals surface area contributed by atoms with Gasteiger partial charge in [0.2, 0.25) is 0 Å². The Morgan fingerprint density at radius 2 is 2.29 bits per heavy atom. The van der Waals surface area contributed by atoms with Gasteiger partial charge in [-0.25, -0.2) is 0 Å². The smallest absolute Gasteiger partial charge is 0.151 e. The monoisotopic (exact) mass is 340 g/mol. The first kappa shape index (κ1) is 12.3. The van der Waals surface area contributed by atoms with E-state index in [0.717, 1.165) is 5.56 Å². The van der Waals surface area contributed by atoms with Gasteiger partial charge in [0.25, 0.3) is 0 Å². The molecule has 0 aliphatic rings.